The van der Waals surface area contributed by atoms with Gasteiger partial charge in [-0.2, -0.15) is 0 Å². The van der Waals surface area contributed by atoms with Crippen LogP contribution in [0.3, 0.4) is 0 Å². The van der Waals surface area contributed by atoms with E-state index in [0.717, 1.165) is 22.5 Å². The first-order valence-electron chi connectivity index (χ1n) is 11.0. The zero-order chi connectivity index (χ0) is 26.7. The molecule has 0 atom stereocenters. The molecule has 0 aliphatic heterocycles. The number of anilines is 1. The van der Waals surface area contributed by atoms with Crippen LogP contribution in [-0.4, -0.2) is 79.0 Å². The van der Waals surface area contributed by atoms with E-state index in [1.165, 1.54) is 10.0 Å². The Morgan fingerprint density at radius 2 is 1.54 bits per heavy atom. The summed E-state index contributed by atoms with van der Waals surface area (Å²) in [7, 11) is 11.1. The molecule has 0 spiro atoms. The summed E-state index contributed by atoms with van der Waals surface area (Å²) in [6.07, 6.45) is 5.47. The Hall–Kier alpha value is -3.24. The molecule has 1 aromatic carbocycles. The third-order valence-corrected chi connectivity index (χ3v) is 5.99. The number of nitrogens with zero attached hydrogens (tertiary/aromatic N) is 4. The number of amides is 2. The number of rotatable bonds is 9. The minimum Gasteiger partial charge on any atom is -0.378 e. The molecular formula is C25H36N6O2S2. The highest BCUT2D eigenvalue weighted by molar-refractivity contribution is 7.80. The lowest BCUT2D eigenvalue weighted by Gasteiger charge is -2.23. The molecular weight excluding hydrogens is 480 g/mol. The maximum atomic E-state index is 12.4. The van der Waals surface area contributed by atoms with Gasteiger partial charge in [0.15, 0.2) is 0 Å². The minimum absolute atomic E-state index is 0.00119. The van der Waals surface area contributed by atoms with Gasteiger partial charge in [0.05, 0.1) is 0 Å². The topological polar surface area (TPSA) is 71.2 Å². The Balaban J connectivity index is 2.60. The number of hydrazine groups is 2. The van der Waals surface area contributed by atoms with Crippen molar-refractivity contribution in [2.75, 3.05) is 47.2 Å². The van der Waals surface area contributed by atoms with E-state index >= 15 is 0 Å². The van der Waals surface area contributed by atoms with Crippen LogP contribution in [0, 0.1) is 0 Å². The van der Waals surface area contributed by atoms with Crippen LogP contribution in [0.1, 0.15) is 25.3 Å². The molecule has 2 amide bonds. The average molecular weight is 517 g/mol. The molecule has 0 radical (unpaired) electrons. The van der Waals surface area contributed by atoms with E-state index in [2.05, 4.69) is 17.4 Å². The normalized spacial score (nSPS) is 11.3. The summed E-state index contributed by atoms with van der Waals surface area (Å²) in [5.74, 6) is -0.642. The number of carbonyl (C=O) groups excluding carboxylic acids is 2. The van der Waals surface area contributed by atoms with Crippen LogP contribution in [-0.2, 0) is 9.59 Å². The maximum absolute atomic E-state index is 12.4. The van der Waals surface area contributed by atoms with Crippen LogP contribution in [0.25, 0.3) is 0 Å². The zero-order valence-electron chi connectivity index (χ0n) is 21.6. The largest absolute Gasteiger partial charge is 0.378 e. The highest BCUT2D eigenvalue weighted by atomic mass is 32.1. The van der Waals surface area contributed by atoms with Gasteiger partial charge >= 0.3 is 0 Å². The fraction of sp³-hybridized carbons (Fsp3) is 0.360. The zero-order valence-corrected chi connectivity index (χ0v) is 23.2. The summed E-state index contributed by atoms with van der Waals surface area (Å²) < 4.78 is 0. The Kier molecular flexibility index (Phi) is 12.1. The highest BCUT2D eigenvalue weighted by Crippen LogP contribution is 2.15. The predicted octanol–water partition coefficient (Wildman–Crippen LogP) is 3.04. The third-order valence-electron chi connectivity index (χ3n) is 4.89. The fourth-order valence-corrected chi connectivity index (χ4v) is 3.20. The number of hydrogen-bond donors (Lipinski definition) is 2. The Morgan fingerprint density at radius 1 is 0.971 bits per heavy atom. The van der Waals surface area contributed by atoms with Crippen LogP contribution >= 0.6 is 24.4 Å². The Labute approximate surface area is 219 Å². The smallest absolute Gasteiger partial charge is 0.239 e. The third kappa shape index (κ3) is 9.87. The Bertz CT molecular complexity index is 1020. The molecule has 0 bridgehead atoms. The molecule has 190 valence electrons. The monoisotopic (exact) mass is 516 g/mol. The molecule has 1 rings (SSSR count). The summed E-state index contributed by atoms with van der Waals surface area (Å²) >= 11 is 11.0. The number of thiocarbonyl (C=S) groups is 2. The van der Waals surface area contributed by atoms with Gasteiger partial charge in [-0.1, -0.05) is 49.2 Å². The van der Waals surface area contributed by atoms with Gasteiger partial charge in [0.25, 0.3) is 0 Å². The van der Waals surface area contributed by atoms with E-state index in [1.807, 2.05) is 81.3 Å². The van der Waals surface area contributed by atoms with Crippen LogP contribution < -0.4 is 15.8 Å². The lowest BCUT2D eigenvalue weighted by molar-refractivity contribution is -0.129. The molecule has 0 aliphatic rings. The summed E-state index contributed by atoms with van der Waals surface area (Å²) in [5, 5.41) is 2.96. The van der Waals surface area contributed by atoms with E-state index < -0.39 is 0 Å². The van der Waals surface area contributed by atoms with Crippen molar-refractivity contribution in [2.24, 2.45) is 0 Å². The molecule has 0 saturated heterocycles. The Morgan fingerprint density at radius 3 is 2.06 bits per heavy atom. The standard InChI is InChI=1S/C25H36N6O2S2/c1-9-11-20(28(3)4)16-18(2)24(34)30(7)26-22(32)14-15-23(33)27-31(8)25(35)19-12-10-13-21(17-19)29(5)6/h9-13,16-17H,1,14-15H2,2-8H3,(H,26,32)(H,27,33)/b18-16+,20-11+. The first-order valence-corrected chi connectivity index (χ1v) is 11.8. The molecule has 0 aliphatic carbocycles. The number of hydrogen-bond acceptors (Lipinski definition) is 6. The lowest BCUT2D eigenvalue weighted by Crippen LogP contribution is -2.45. The molecule has 0 saturated carbocycles. The van der Waals surface area contributed by atoms with Crippen LogP contribution in [0.5, 0.6) is 0 Å². The molecule has 10 heteroatoms. The van der Waals surface area contributed by atoms with Crippen molar-refractivity contribution in [3.8, 4) is 0 Å². The van der Waals surface area contributed by atoms with Crippen molar-refractivity contribution >= 4 is 51.9 Å². The van der Waals surface area contributed by atoms with Gasteiger partial charge < -0.3 is 9.80 Å². The molecule has 0 fully saturated rings. The summed E-state index contributed by atoms with van der Waals surface area (Å²) in [6.45, 7) is 5.59. The second-order valence-electron chi connectivity index (χ2n) is 8.29. The number of nitrogens with one attached hydrogen (secondary N) is 2. The quantitative estimate of drug-likeness (QED) is 0.225. The summed E-state index contributed by atoms with van der Waals surface area (Å²) in [6, 6.07) is 7.71. The van der Waals surface area contributed by atoms with Crippen molar-refractivity contribution in [1.29, 1.82) is 0 Å². The van der Waals surface area contributed by atoms with E-state index in [1.54, 1.807) is 20.2 Å². The van der Waals surface area contributed by atoms with E-state index in [9.17, 15) is 9.59 Å². The average Bonchev–Trinajstić information content (AvgIpc) is 2.81. The first kappa shape index (κ1) is 29.8. The number of benzene rings is 1. The van der Waals surface area contributed by atoms with Gasteiger partial charge in [-0.05, 0) is 36.8 Å². The van der Waals surface area contributed by atoms with Crippen molar-refractivity contribution in [3.05, 3.63) is 65.9 Å². The van der Waals surface area contributed by atoms with Crippen LogP contribution in [0.2, 0.25) is 0 Å². The second kappa shape index (κ2) is 14.2. The number of carbonyl (C=O) groups is 2. The molecule has 0 unspecified atom stereocenters. The SMILES string of the molecule is C=C/C=C(\C=C(/C)C(=S)N(C)NC(=O)CCC(=O)NN(C)C(=S)c1cccc(N(C)C)c1)N(C)C. The predicted molar refractivity (Wildman–Crippen MR) is 152 cm³/mol. The number of likely N-dealkylation sites (N-methyl/N-ethyl adjacent to an activating group) is 2. The summed E-state index contributed by atoms with van der Waals surface area (Å²) in [4.78, 5) is 29.6. The van der Waals surface area contributed by atoms with E-state index in [-0.39, 0.29) is 24.7 Å². The maximum Gasteiger partial charge on any atom is 0.239 e. The second-order valence-corrected chi connectivity index (χ2v) is 9.07. The van der Waals surface area contributed by atoms with Crippen molar-refractivity contribution < 1.29 is 9.59 Å². The van der Waals surface area contributed by atoms with Crippen LogP contribution in [0.15, 0.2) is 60.3 Å². The molecule has 8 nitrogen and oxygen atoms in total. The first-order chi connectivity index (χ1) is 16.4. The minimum atomic E-state index is -0.323. The van der Waals surface area contributed by atoms with Crippen molar-refractivity contribution in [3.63, 3.8) is 0 Å². The van der Waals surface area contributed by atoms with Crippen molar-refractivity contribution in [1.82, 2.24) is 25.8 Å². The van der Waals surface area contributed by atoms with Gasteiger partial charge in [0.1, 0.15) is 9.98 Å². The molecule has 35 heavy (non-hydrogen) atoms. The van der Waals surface area contributed by atoms with Gasteiger partial charge in [0.2, 0.25) is 11.8 Å². The van der Waals surface area contributed by atoms with Gasteiger partial charge in [-0.3, -0.25) is 30.5 Å². The van der Waals surface area contributed by atoms with Gasteiger partial charge in [-0.25, -0.2) is 0 Å². The van der Waals surface area contributed by atoms with Gasteiger partial charge in [-0.15, -0.1) is 0 Å². The van der Waals surface area contributed by atoms with Crippen LogP contribution in [0.4, 0.5) is 5.69 Å². The van der Waals surface area contributed by atoms with Crippen molar-refractivity contribution in [2.45, 2.75) is 19.8 Å². The molecule has 2 N–H and O–H groups in total. The molecule has 0 heterocycles. The van der Waals surface area contributed by atoms with E-state index in [4.69, 9.17) is 24.4 Å². The highest BCUT2D eigenvalue weighted by Gasteiger charge is 2.15. The fourth-order valence-electron chi connectivity index (χ4n) is 2.92. The number of allylic oxidation sites excluding steroid dienone is 3. The summed E-state index contributed by atoms with van der Waals surface area (Å²) in [5.41, 5.74) is 8.96. The van der Waals surface area contributed by atoms with E-state index in [0.29, 0.717) is 9.98 Å². The lowest BCUT2D eigenvalue weighted by atomic mass is 10.2. The molecule has 1 aromatic rings. The van der Waals surface area contributed by atoms with Gasteiger partial charge in [0, 0.05) is 72.1 Å². The molecule has 0 aromatic heterocycles.